The molecule has 0 aliphatic carbocycles. The van der Waals surface area contributed by atoms with E-state index in [1.807, 2.05) is 0 Å². The van der Waals surface area contributed by atoms with Gasteiger partial charge in [-0.05, 0) is 31.0 Å². The Kier molecular flexibility index (Phi) is 4.50. The fourth-order valence-electron chi connectivity index (χ4n) is 2.80. The molecule has 1 aliphatic rings. The number of aromatic amines is 1. The van der Waals surface area contributed by atoms with E-state index in [0.29, 0.717) is 28.3 Å². The second-order valence-electron chi connectivity index (χ2n) is 5.83. The Hall–Kier alpha value is -2.26. The summed E-state index contributed by atoms with van der Waals surface area (Å²) in [6.07, 6.45) is 2.15. The highest BCUT2D eigenvalue weighted by Crippen LogP contribution is 2.24. The molecule has 3 heterocycles. The van der Waals surface area contributed by atoms with Gasteiger partial charge < -0.3 is 15.0 Å². The third kappa shape index (κ3) is 3.57. The van der Waals surface area contributed by atoms with Gasteiger partial charge in [-0.25, -0.2) is 9.37 Å². The number of rotatable bonds is 5. The minimum absolute atomic E-state index is 0.0945. The molecule has 1 fully saturated rings. The lowest BCUT2D eigenvalue weighted by atomic mass is 10.2. The quantitative estimate of drug-likeness (QED) is 0.676. The first kappa shape index (κ1) is 16.2. The minimum atomic E-state index is -0.337. The van der Waals surface area contributed by atoms with Crippen molar-refractivity contribution in [2.75, 3.05) is 18.9 Å². The Morgan fingerprint density at radius 2 is 2.36 bits per heavy atom. The summed E-state index contributed by atoms with van der Waals surface area (Å²) in [5, 5.41) is 12.0. The van der Waals surface area contributed by atoms with Crippen LogP contribution in [0.4, 0.5) is 4.39 Å². The van der Waals surface area contributed by atoms with Crippen molar-refractivity contribution in [2.45, 2.75) is 24.1 Å². The van der Waals surface area contributed by atoms with E-state index in [4.69, 9.17) is 4.74 Å². The van der Waals surface area contributed by atoms with E-state index < -0.39 is 0 Å². The van der Waals surface area contributed by atoms with Gasteiger partial charge in [0, 0.05) is 24.1 Å². The van der Waals surface area contributed by atoms with Gasteiger partial charge in [-0.3, -0.25) is 4.79 Å². The van der Waals surface area contributed by atoms with E-state index in [-0.39, 0.29) is 23.6 Å². The maximum absolute atomic E-state index is 13.4. The van der Waals surface area contributed by atoms with Crippen LogP contribution in [0.1, 0.15) is 12.8 Å². The van der Waals surface area contributed by atoms with Crippen LogP contribution in [0.5, 0.6) is 0 Å². The zero-order chi connectivity index (χ0) is 17.2. The number of hydrogen-bond acceptors (Lipinski definition) is 6. The molecule has 0 radical (unpaired) electrons. The number of thioether (sulfide) groups is 1. The number of hydrogen-bond donors (Lipinski definition) is 2. The van der Waals surface area contributed by atoms with E-state index in [0.717, 1.165) is 25.0 Å². The summed E-state index contributed by atoms with van der Waals surface area (Å²) in [5.41, 5.74) is 1.79. The van der Waals surface area contributed by atoms with E-state index in [1.165, 1.54) is 23.9 Å². The monoisotopic (exact) mass is 361 g/mol. The first-order valence-electron chi connectivity index (χ1n) is 8.02. The van der Waals surface area contributed by atoms with Crippen LogP contribution in [0.2, 0.25) is 0 Å². The second kappa shape index (κ2) is 6.93. The SMILES string of the molecule is O=C(CSc1nnc2c(n1)[nH]c1ccc(F)cc12)NCC1CCCO1. The number of nitrogens with zero attached hydrogens (tertiary/aromatic N) is 3. The van der Waals surface area contributed by atoms with Crippen molar-refractivity contribution in [1.82, 2.24) is 25.5 Å². The number of carbonyl (C=O) groups is 1. The average Bonchev–Trinajstić information content (AvgIpc) is 3.25. The molecule has 0 saturated carbocycles. The van der Waals surface area contributed by atoms with Gasteiger partial charge in [0.25, 0.3) is 0 Å². The zero-order valence-corrected chi connectivity index (χ0v) is 14.1. The normalized spacial score (nSPS) is 17.4. The summed E-state index contributed by atoms with van der Waals surface area (Å²) in [6, 6.07) is 4.41. The number of amides is 1. The highest BCUT2D eigenvalue weighted by Gasteiger charge is 2.16. The van der Waals surface area contributed by atoms with Crippen LogP contribution in [0, 0.1) is 5.82 Å². The first-order chi connectivity index (χ1) is 12.2. The number of carbonyl (C=O) groups excluding carboxylic acids is 1. The van der Waals surface area contributed by atoms with Crippen LogP contribution < -0.4 is 5.32 Å². The Balaban J connectivity index is 1.41. The molecule has 7 nitrogen and oxygen atoms in total. The Morgan fingerprint density at radius 1 is 1.44 bits per heavy atom. The maximum atomic E-state index is 13.4. The van der Waals surface area contributed by atoms with Gasteiger partial charge in [0.15, 0.2) is 5.65 Å². The second-order valence-corrected chi connectivity index (χ2v) is 6.78. The summed E-state index contributed by atoms with van der Waals surface area (Å²) >= 11 is 1.21. The molecule has 2 N–H and O–H groups in total. The summed E-state index contributed by atoms with van der Waals surface area (Å²) < 4.78 is 18.8. The first-order valence-corrected chi connectivity index (χ1v) is 9.00. The number of nitrogens with one attached hydrogen (secondary N) is 2. The molecular weight excluding hydrogens is 345 g/mol. The van der Waals surface area contributed by atoms with Crippen molar-refractivity contribution in [1.29, 1.82) is 0 Å². The molecular formula is C16H16FN5O2S. The van der Waals surface area contributed by atoms with E-state index in [9.17, 15) is 9.18 Å². The molecule has 1 saturated heterocycles. The Labute approximate surface area is 146 Å². The maximum Gasteiger partial charge on any atom is 0.230 e. The van der Waals surface area contributed by atoms with Gasteiger partial charge in [0.05, 0.1) is 11.9 Å². The number of aromatic nitrogens is 4. The van der Waals surface area contributed by atoms with Crippen molar-refractivity contribution in [3.63, 3.8) is 0 Å². The van der Waals surface area contributed by atoms with Crippen LogP contribution in [0.3, 0.4) is 0 Å². The summed E-state index contributed by atoms with van der Waals surface area (Å²) in [6.45, 7) is 1.30. The number of benzene rings is 1. The predicted octanol–water partition coefficient (Wildman–Crippen LogP) is 2.03. The predicted molar refractivity (Wildman–Crippen MR) is 91.9 cm³/mol. The molecule has 3 aromatic rings. The molecule has 1 aliphatic heterocycles. The number of H-pyrrole nitrogens is 1. The van der Waals surface area contributed by atoms with E-state index in [2.05, 4.69) is 25.5 Å². The fourth-order valence-corrected chi connectivity index (χ4v) is 3.42. The smallest absolute Gasteiger partial charge is 0.230 e. The lowest BCUT2D eigenvalue weighted by Gasteiger charge is -2.10. The molecule has 130 valence electrons. The van der Waals surface area contributed by atoms with Crippen molar-refractivity contribution in [3.05, 3.63) is 24.0 Å². The standard InChI is InChI=1S/C16H16FN5O2S/c17-9-3-4-12-11(6-9)14-15(19-12)20-16(22-21-14)25-8-13(23)18-7-10-2-1-5-24-10/h3-4,6,10H,1-2,5,7-8H2,(H,18,23)(H,19,20,22). The molecule has 1 aromatic carbocycles. The average molecular weight is 361 g/mol. The van der Waals surface area contributed by atoms with Gasteiger partial charge in [-0.2, -0.15) is 0 Å². The Morgan fingerprint density at radius 3 is 3.20 bits per heavy atom. The van der Waals surface area contributed by atoms with E-state index >= 15 is 0 Å². The van der Waals surface area contributed by atoms with Crippen LogP contribution in [-0.2, 0) is 9.53 Å². The zero-order valence-electron chi connectivity index (χ0n) is 13.3. The molecule has 25 heavy (non-hydrogen) atoms. The minimum Gasteiger partial charge on any atom is -0.376 e. The van der Waals surface area contributed by atoms with E-state index in [1.54, 1.807) is 6.07 Å². The molecule has 1 unspecified atom stereocenters. The van der Waals surface area contributed by atoms with Crippen molar-refractivity contribution in [2.24, 2.45) is 0 Å². The molecule has 1 atom stereocenters. The lowest BCUT2D eigenvalue weighted by Crippen LogP contribution is -2.32. The van der Waals surface area contributed by atoms with Gasteiger partial charge in [-0.15, -0.1) is 10.2 Å². The van der Waals surface area contributed by atoms with Crippen LogP contribution in [0.15, 0.2) is 23.4 Å². The van der Waals surface area contributed by atoms with Crippen LogP contribution >= 0.6 is 11.8 Å². The van der Waals surface area contributed by atoms with Gasteiger partial charge >= 0.3 is 0 Å². The molecule has 4 rings (SSSR count). The third-order valence-electron chi connectivity index (χ3n) is 4.04. The number of fused-ring (bicyclic) bond motifs is 3. The Bertz CT molecular complexity index is 925. The third-order valence-corrected chi connectivity index (χ3v) is 4.88. The highest BCUT2D eigenvalue weighted by molar-refractivity contribution is 7.99. The van der Waals surface area contributed by atoms with Gasteiger partial charge in [0.2, 0.25) is 11.1 Å². The highest BCUT2D eigenvalue weighted by atomic mass is 32.2. The van der Waals surface area contributed by atoms with Crippen molar-refractivity contribution >= 4 is 39.7 Å². The fraction of sp³-hybridized carbons (Fsp3) is 0.375. The van der Waals surface area contributed by atoms with Crippen molar-refractivity contribution < 1.29 is 13.9 Å². The molecule has 0 spiro atoms. The van der Waals surface area contributed by atoms with Gasteiger partial charge in [-0.1, -0.05) is 11.8 Å². The molecule has 1 amide bonds. The van der Waals surface area contributed by atoms with Crippen LogP contribution in [0.25, 0.3) is 22.1 Å². The van der Waals surface area contributed by atoms with Gasteiger partial charge in [0.1, 0.15) is 11.3 Å². The van der Waals surface area contributed by atoms with Crippen LogP contribution in [-0.4, -0.2) is 51.1 Å². The largest absolute Gasteiger partial charge is 0.376 e. The molecule has 0 bridgehead atoms. The lowest BCUT2D eigenvalue weighted by molar-refractivity contribution is -0.119. The molecule has 9 heteroatoms. The number of ether oxygens (including phenoxy) is 1. The summed E-state index contributed by atoms with van der Waals surface area (Å²) in [4.78, 5) is 19.3. The topological polar surface area (TPSA) is 92.8 Å². The molecule has 2 aromatic heterocycles. The van der Waals surface area contributed by atoms with Crippen molar-refractivity contribution in [3.8, 4) is 0 Å². The summed E-state index contributed by atoms with van der Waals surface area (Å²) in [5.74, 6) is -0.228. The summed E-state index contributed by atoms with van der Waals surface area (Å²) in [7, 11) is 0. The number of halogens is 1.